The van der Waals surface area contributed by atoms with E-state index in [2.05, 4.69) is 4.40 Å². The number of allylic oxidation sites excluding steroid dienone is 2. The van der Waals surface area contributed by atoms with Crippen molar-refractivity contribution in [3.8, 4) is 0 Å². The maximum Gasteiger partial charge on any atom is 0.288 e. The van der Waals surface area contributed by atoms with Crippen LogP contribution in [0.5, 0.6) is 0 Å². The lowest BCUT2D eigenvalue weighted by Crippen LogP contribution is -1.95. The molecule has 0 bridgehead atoms. The number of sulfonamides is 1. The molecule has 0 aromatic rings. The first-order valence-electron chi connectivity index (χ1n) is 2.51. The van der Waals surface area contributed by atoms with Gasteiger partial charge in [-0.25, -0.2) is 4.79 Å². The fourth-order valence-corrected chi connectivity index (χ4v) is 0.810. The summed E-state index contributed by atoms with van der Waals surface area (Å²) in [5, 5.41) is 0. The van der Waals surface area contributed by atoms with Gasteiger partial charge in [0.15, 0.2) is 0 Å². The van der Waals surface area contributed by atoms with Crippen LogP contribution in [0, 0.1) is 0 Å². The summed E-state index contributed by atoms with van der Waals surface area (Å²) in [6.45, 7) is 2.91. The van der Waals surface area contributed by atoms with Crippen molar-refractivity contribution in [2.45, 2.75) is 13.8 Å². The second-order valence-corrected chi connectivity index (χ2v) is 3.33. The Morgan fingerprint density at radius 3 is 2.40 bits per heavy atom. The average Bonchev–Trinajstić information content (AvgIpc) is 1.86. The van der Waals surface area contributed by atoms with Crippen LogP contribution in [-0.4, -0.2) is 14.5 Å². The smallest absolute Gasteiger partial charge is 0.210 e. The fourth-order valence-electron chi connectivity index (χ4n) is 0.270. The largest absolute Gasteiger partial charge is 0.288 e. The van der Waals surface area contributed by atoms with Gasteiger partial charge in [0.1, 0.15) is 0 Å². The molecule has 0 saturated heterocycles. The van der Waals surface area contributed by atoms with Gasteiger partial charge in [0.25, 0.3) is 16.1 Å². The van der Waals surface area contributed by atoms with Crippen LogP contribution in [0.3, 0.4) is 0 Å². The van der Waals surface area contributed by atoms with Crippen LogP contribution in [0.2, 0.25) is 0 Å². The first kappa shape index (κ1) is 9.07. The number of nitrogens with zero attached hydrogens (tertiary/aromatic N) is 1. The molecule has 56 valence electrons. The second kappa shape index (κ2) is 3.29. The lowest BCUT2D eigenvalue weighted by atomic mass is 10.6. The Morgan fingerprint density at radius 1 is 1.60 bits per heavy atom. The summed E-state index contributed by atoms with van der Waals surface area (Å²) in [4.78, 5) is 9.59. The molecule has 0 unspecified atom stereocenters. The zero-order chi connectivity index (χ0) is 8.20. The van der Waals surface area contributed by atoms with Crippen LogP contribution < -0.4 is 0 Å². The normalized spacial score (nSPS) is 12.4. The lowest BCUT2D eigenvalue weighted by molar-refractivity contribution is 0.564. The van der Waals surface area contributed by atoms with Crippen LogP contribution in [0.25, 0.3) is 0 Å². The molecule has 0 heterocycles. The lowest BCUT2D eigenvalue weighted by Gasteiger charge is -1.90. The summed E-state index contributed by atoms with van der Waals surface area (Å²) in [6.07, 6.45) is 2.33. The van der Waals surface area contributed by atoms with Crippen molar-refractivity contribution in [3.63, 3.8) is 0 Å². The zero-order valence-electron chi connectivity index (χ0n) is 5.66. The molecule has 0 atom stereocenters. The molecule has 0 aliphatic rings. The molecule has 0 rings (SSSR count). The minimum Gasteiger partial charge on any atom is -0.210 e. The highest BCUT2D eigenvalue weighted by atomic mass is 32.2. The van der Waals surface area contributed by atoms with Crippen LogP contribution >= 0.6 is 0 Å². The van der Waals surface area contributed by atoms with E-state index >= 15 is 0 Å². The molecule has 0 aliphatic heterocycles. The molecule has 0 saturated carbocycles. The quantitative estimate of drug-likeness (QED) is 0.439. The Hall–Kier alpha value is -0.930. The highest BCUT2D eigenvalue weighted by Crippen LogP contribution is 2.05. The van der Waals surface area contributed by atoms with E-state index in [4.69, 9.17) is 0 Å². The first-order valence-corrected chi connectivity index (χ1v) is 3.95. The second-order valence-electron chi connectivity index (χ2n) is 1.56. The maximum absolute atomic E-state index is 10.7. The van der Waals surface area contributed by atoms with Crippen LogP contribution in [0.1, 0.15) is 13.8 Å². The molecule has 0 fully saturated rings. The fraction of sp³-hybridized carbons (Fsp3) is 0.400. The molecular formula is C5H7NO3S. The average molecular weight is 161 g/mol. The third-order valence-corrected chi connectivity index (χ3v) is 2.34. The van der Waals surface area contributed by atoms with Gasteiger partial charge in [-0.15, -0.1) is 0 Å². The molecule has 0 amide bonds. The van der Waals surface area contributed by atoms with Crippen molar-refractivity contribution < 1.29 is 13.2 Å². The van der Waals surface area contributed by atoms with Gasteiger partial charge < -0.3 is 0 Å². The number of carbonyl (C=O) groups excluding carboxylic acids is 1. The van der Waals surface area contributed by atoms with E-state index in [-0.39, 0.29) is 4.91 Å². The van der Waals surface area contributed by atoms with Crippen LogP contribution in [0.4, 0.5) is 0 Å². The zero-order valence-corrected chi connectivity index (χ0v) is 6.47. The Bertz CT molecular complexity index is 282. The molecule has 0 N–H and O–H groups in total. The van der Waals surface area contributed by atoms with Gasteiger partial charge in [0.05, 0.1) is 4.91 Å². The minimum absolute atomic E-state index is 0.0517. The molecule has 0 aromatic carbocycles. The van der Waals surface area contributed by atoms with Gasteiger partial charge >= 0.3 is 0 Å². The summed E-state index contributed by atoms with van der Waals surface area (Å²) in [5.41, 5.74) is 0. The third kappa shape index (κ3) is 2.13. The summed E-state index contributed by atoms with van der Waals surface area (Å²) < 4.78 is 24.0. The Labute approximate surface area is 59.3 Å². The summed E-state index contributed by atoms with van der Waals surface area (Å²) in [7, 11) is -3.70. The molecular weight excluding hydrogens is 154 g/mol. The predicted octanol–water partition coefficient (Wildman–Crippen LogP) is 0.576. The molecule has 0 spiro atoms. The molecule has 0 aliphatic carbocycles. The molecule has 4 nitrogen and oxygen atoms in total. The SMILES string of the molecule is CC=C(C)S(=O)(=O)N=C=O. The van der Waals surface area contributed by atoms with Gasteiger partial charge in [0, 0.05) is 0 Å². The highest BCUT2D eigenvalue weighted by Gasteiger charge is 2.08. The Balaban J connectivity index is 4.96. The van der Waals surface area contributed by atoms with E-state index in [1.165, 1.54) is 13.0 Å². The standard InChI is InChI=1S/C5H7NO3S/c1-3-5(2)10(8,9)6-4-7/h3H,1-2H3. The van der Waals surface area contributed by atoms with Crippen molar-refractivity contribution in [3.05, 3.63) is 11.0 Å². The van der Waals surface area contributed by atoms with Crippen molar-refractivity contribution in [1.82, 2.24) is 0 Å². The van der Waals surface area contributed by atoms with Crippen LogP contribution in [0.15, 0.2) is 15.4 Å². The van der Waals surface area contributed by atoms with Gasteiger partial charge in [0.2, 0.25) is 0 Å². The number of isocyanates is 1. The van der Waals surface area contributed by atoms with E-state index in [1.54, 1.807) is 6.92 Å². The monoisotopic (exact) mass is 161 g/mol. The summed E-state index contributed by atoms with van der Waals surface area (Å²) in [6, 6.07) is 0. The number of hydrogen-bond donors (Lipinski definition) is 0. The van der Waals surface area contributed by atoms with Gasteiger partial charge in [-0.2, -0.15) is 8.42 Å². The molecule has 10 heavy (non-hydrogen) atoms. The van der Waals surface area contributed by atoms with Crippen LogP contribution in [-0.2, 0) is 14.8 Å². The van der Waals surface area contributed by atoms with Crippen molar-refractivity contribution in [1.29, 1.82) is 0 Å². The van der Waals surface area contributed by atoms with E-state index < -0.39 is 10.0 Å². The highest BCUT2D eigenvalue weighted by molar-refractivity contribution is 7.94. The summed E-state index contributed by atoms with van der Waals surface area (Å²) in [5.74, 6) is 0. The van der Waals surface area contributed by atoms with E-state index in [0.717, 1.165) is 6.08 Å². The number of rotatable bonds is 2. The topological polar surface area (TPSA) is 63.6 Å². The van der Waals surface area contributed by atoms with Gasteiger partial charge in [-0.3, -0.25) is 0 Å². The van der Waals surface area contributed by atoms with Crippen molar-refractivity contribution in [2.75, 3.05) is 0 Å². The minimum atomic E-state index is -3.70. The maximum atomic E-state index is 10.7. The Morgan fingerprint density at radius 2 is 2.10 bits per heavy atom. The van der Waals surface area contributed by atoms with E-state index in [1.807, 2.05) is 0 Å². The summed E-state index contributed by atoms with van der Waals surface area (Å²) >= 11 is 0. The molecule has 0 aromatic heterocycles. The predicted molar refractivity (Wildman–Crippen MR) is 36.5 cm³/mol. The molecule has 5 heteroatoms. The van der Waals surface area contributed by atoms with E-state index in [9.17, 15) is 13.2 Å². The Kier molecular flexibility index (Phi) is 2.99. The van der Waals surface area contributed by atoms with Gasteiger partial charge in [-0.1, -0.05) is 10.5 Å². The van der Waals surface area contributed by atoms with Crippen molar-refractivity contribution in [2.24, 2.45) is 4.40 Å². The third-order valence-electron chi connectivity index (χ3n) is 0.971. The van der Waals surface area contributed by atoms with E-state index in [0.29, 0.717) is 0 Å². The van der Waals surface area contributed by atoms with Crippen molar-refractivity contribution >= 4 is 16.1 Å². The first-order chi connectivity index (χ1) is 4.54. The number of hydrogen-bond acceptors (Lipinski definition) is 3. The van der Waals surface area contributed by atoms with Gasteiger partial charge in [-0.05, 0) is 13.8 Å². The molecule has 0 radical (unpaired) electrons.